The molecule has 3 aromatic rings. The Morgan fingerprint density at radius 3 is 2.37 bits per heavy atom. The van der Waals surface area contributed by atoms with Crippen LogP contribution >= 0.6 is 32.9 Å². The van der Waals surface area contributed by atoms with Crippen LogP contribution in [0.15, 0.2) is 48.5 Å². The summed E-state index contributed by atoms with van der Waals surface area (Å²) >= 11 is 5.63. The standard InChI is InChI=1S/C23H21NO3S3/c1-23(2)21-20(22(28)30-29-21)17-13-16(27-4)10-11-18(17)24(23)19(25)12-7-14-5-8-15(26-3)9-6-14/h5-13H,1-4H3/b12-7-. The summed E-state index contributed by atoms with van der Waals surface area (Å²) in [4.78, 5) is 16.4. The maximum atomic E-state index is 13.4. The maximum Gasteiger partial charge on any atom is 0.251 e. The minimum atomic E-state index is -0.517. The van der Waals surface area contributed by atoms with Crippen LogP contribution in [0.2, 0.25) is 0 Å². The Bertz CT molecular complexity index is 1190. The third kappa shape index (κ3) is 3.47. The van der Waals surface area contributed by atoms with Gasteiger partial charge in [-0.1, -0.05) is 45.0 Å². The van der Waals surface area contributed by atoms with Gasteiger partial charge in [0.2, 0.25) is 0 Å². The quantitative estimate of drug-likeness (QED) is 0.255. The van der Waals surface area contributed by atoms with E-state index in [0.29, 0.717) is 0 Å². The van der Waals surface area contributed by atoms with Gasteiger partial charge < -0.3 is 9.47 Å². The average molecular weight is 456 g/mol. The molecular weight excluding hydrogens is 434 g/mol. The van der Waals surface area contributed by atoms with Crippen LogP contribution in [0.5, 0.6) is 11.5 Å². The second-order valence-electron chi connectivity index (χ2n) is 7.38. The number of carbonyl (C=O) groups is 1. The first-order valence-electron chi connectivity index (χ1n) is 9.35. The smallest absolute Gasteiger partial charge is 0.251 e. The van der Waals surface area contributed by atoms with Crippen molar-refractivity contribution in [2.45, 2.75) is 19.4 Å². The van der Waals surface area contributed by atoms with Crippen LogP contribution in [0.3, 0.4) is 0 Å². The van der Waals surface area contributed by atoms with Gasteiger partial charge in [-0.2, -0.15) is 0 Å². The number of anilines is 1. The van der Waals surface area contributed by atoms with Crippen LogP contribution in [-0.2, 0) is 10.3 Å². The summed E-state index contributed by atoms with van der Waals surface area (Å²) in [6, 6.07) is 13.4. The Hall–Kier alpha value is -2.48. The summed E-state index contributed by atoms with van der Waals surface area (Å²) in [5.74, 6) is 1.44. The van der Waals surface area contributed by atoms with Crippen LogP contribution in [0.1, 0.15) is 24.3 Å². The van der Waals surface area contributed by atoms with Crippen LogP contribution in [0.4, 0.5) is 5.69 Å². The third-order valence-corrected chi connectivity index (χ3v) is 8.54. The molecule has 4 rings (SSSR count). The molecule has 0 unspecified atom stereocenters. The number of ether oxygens (including phenoxy) is 2. The van der Waals surface area contributed by atoms with Crippen molar-refractivity contribution in [1.29, 1.82) is 0 Å². The number of nitrogens with zero attached hydrogens (tertiary/aromatic N) is 1. The molecule has 4 nitrogen and oxygen atoms in total. The highest BCUT2D eigenvalue weighted by Crippen LogP contribution is 2.52. The van der Waals surface area contributed by atoms with Crippen LogP contribution < -0.4 is 14.4 Å². The maximum absolute atomic E-state index is 13.4. The summed E-state index contributed by atoms with van der Waals surface area (Å²) in [7, 11) is 6.49. The zero-order valence-corrected chi connectivity index (χ0v) is 19.5. The van der Waals surface area contributed by atoms with Crippen molar-refractivity contribution < 1.29 is 14.3 Å². The van der Waals surface area contributed by atoms with E-state index in [0.717, 1.165) is 42.6 Å². The first-order valence-corrected chi connectivity index (χ1v) is 11.9. The lowest BCUT2D eigenvalue weighted by molar-refractivity contribution is -0.115. The zero-order chi connectivity index (χ0) is 21.5. The Morgan fingerprint density at radius 2 is 1.70 bits per heavy atom. The molecule has 0 aliphatic carbocycles. The number of amides is 1. The van der Waals surface area contributed by atoms with Crippen molar-refractivity contribution in [2.75, 3.05) is 19.1 Å². The van der Waals surface area contributed by atoms with Crippen molar-refractivity contribution in [1.82, 2.24) is 0 Å². The first kappa shape index (κ1) is 20.8. The van der Waals surface area contributed by atoms with E-state index in [1.807, 2.05) is 53.4 Å². The Labute approximate surface area is 188 Å². The van der Waals surface area contributed by atoms with Gasteiger partial charge in [-0.25, -0.2) is 0 Å². The second-order valence-corrected chi connectivity index (χ2v) is 10.2. The Balaban J connectivity index is 1.78. The molecule has 0 N–H and O–H groups in total. The van der Waals surface area contributed by atoms with Crippen LogP contribution in [-0.4, -0.2) is 20.1 Å². The number of benzene rings is 2. The van der Waals surface area contributed by atoms with E-state index >= 15 is 0 Å². The fraction of sp³-hybridized carbons (Fsp3) is 0.217. The zero-order valence-electron chi connectivity index (χ0n) is 17.1. The monoisotopic (exact) mass is 455 g/mol. The van der Waals surface area contributed by atoms with E-state index in [1.54, 1.807) is 41.0 Å². The van der Waals surface area contributed by atoms with Crippen molar-refractivity contribution in [3.8, 4) is 22.6 Å². The van der Waals surface area contributed by atoms with Gasteiger partial charge >= 0.3 is 0 Å². The molecular formula is C23H21NO3S3. The SMILES string of the molecule is COc1ccc(/C=C\C(=O)N2c3ccc(OC)cc3-c3c(ssc3=S)C2(C)C)cc1. The number of rotatable bonds is 4. The fourth-order valence-corrected chi connectivity index (χ4v) is 6.97. The van der Waals surface area contributed by atoms with Gasteiger partial charge in [-0.05, 0) is 55.8 Å². The molecule has 7 heteroatoms. The van der Waals surface area contributed by atoms with Gasteiger partial charge in [-0.15, -0.1) is 0 Å². The fourth-order valence-electron chi connectivity index (χ4n) is 3.69. The van der Waals surface area contributed by atoms with E-state index in [-0.39, 0.29) is 5.91 Å². The summed E-state index contributed by atoms with van der Waals surface area (Å²) in [5.41, 5.74) is 3.24. The topological polar surface area (TPSA) is 38.8 Å². The van der Waals surface area contributed by atoms with E-state index in [4.69, 9.17) is 21.7 Å². The molecule has 1 amide bonds. The highest BCUT2D eigenvalue weighted by Gasteiger charge is 2.42. The van der Waals surface area contributed by atoms with Gasteiger partial charge in [0.1, 0.15) is 15.3 Å². The molecule has 0 fully saturated rings. The Morgan fingerprint density at radius 1 is 1.03 bits per heavy atom. The molecule has 1 aromatic heterocycles. The molecule has 30 heavy (non-hydrogen) atoms. The van der Waals surface area contributed by atoms with Crippen molar-refractivity contribution in [3.05, 3.63) is 62.8 Å². The number of methoxy groups -OCH3 is 2. The predicted octanol–water partition coefficient (Wildman–Crippen LogP) is 6.52. The number of hydrogen-bond acceptors (Lipinski definition) is 6. The Kier molecular flexibility index (Phi) is 5.53. The van der Waals surface area contributed by atoms with Crippen molar-refractivity contribution in [3.63, 3.8) is 0 Å². The molecule has 0 atom stereocenters. The van der Waals surface area contributed by atoms with Gasteiger partial charge in [0, 0.05) is 17.2 Å². The number of carbonyl (C=O) groups excluding carboxylic acids is 1. The van der Waals surface area contributed by atoms with E-state index in [9.17, 15) is 4.79 Å². The molecule has 0 saturated carbocycles. The highest BCUT2D eigenvalue weighted by molar-refractivity contribution is 7.80. The highest BCUT2D eigenvalue weighted by atomic mass is 32.9. The van der Waals surface area contributed by atoms with Gasteiger partial charge in [0.15, 0.2) is 0 Å². The average Bonchev–Trinajstić information content (AvgIpc) is 3.15. The molecule has 154 valence electrons. The second kappa shape index (κ2) is 7.98. The number of fused-ring (bicyclic) bond motifs is 3. The molecule has 1 aliphatic heterocycles. The lowest BCUT2D eigenvalue weighted by Gasteiger charge is -2.42. The molecule has 0 radical (unpaired) electrons. The van der Waals surface area contributed by atoms with Gasteiger partial charge in [0.25, 0.3) is 5.91 Å². The summed E-state index contributed by atoms with van der Waals surface area (Å²) in [6.07, 6.45) is 3.44. The number of hydrogen-bond donors (Lipinski definition) is 0. The largest absolute Gasteiger partial charge is 0.497 e. The molecule has 0 spiro atoms. The summed E-state index contributed by atoms with van der Waals surface area (Å²) in [5, 5.41) is 0. The first-order chi connectivity index (χ1) is 14.4. The van der Waals surface area contributed by atoms with Crippen LogP contribution in [0, 0.1) is 3.82 Å². The normalized spacial score (nSPS) is 14.3. The predicted molar refractivity (Wildman–Crippen MR) is 128 cm³/mol. The van der Waals surface area contributed by atoms with Crippen molar-refractivity contribution >= 4 is 50.6 Å². The molecule has 2 aromatic carbocycles. The minimum Gasteiger partial charge on any atom is -0.497 e. The summed E-state index contributed by atoms with van der Waals surface area (Å²) < 4.78 is 11.5. The lowest BCUT2D eigenvalue weighted by Crippen LogP contribution is -2.47. The van der Waals surface area contributed by atoms with E-state index < -0.39 is 5.54 Å². The van der Waals surface area contributed by atoms with Gasteiger partial charge in [0.05, 0.1) is 30.3 Å². The van der Waals surface area contributed by atoms with E-state index in [2.05, 4.69) is 13.8 Å². The van der Waals surface area contributed by atoms with Crippen molar-refractivity contribution in [2.24, 2.45) is 0 Å². The summed E-state index contributed by atoms with van der Waals surface area (Å²) in [6.45, 7) is 4.13. The molecule has 2 heterocycles. The third-order valence-electron chi connectivity index (χ3n) is 5.22. The minimum absolute atomic E-state index is 0.0859. The van der Waals surface area contributed by atoms with E-state index in [1.165, 1.54) is 0 Å². The lowest BCUT2D eigenvalue weighted by atomic mass is 9.87. The molecule has 0 bridgehead atoms. The molecule has 1 aliphatic rings. The van der Waals surface area contributed by atoms with Gasteiger partial charge in [-0.3, -0.25) is 9.69 Å². The molecule has 0 saturated heterocycles. The van der Waals surface area contributed by atoms with Crippen LogP contribution in [0.25, 0.3) is 17.2 Å².